The molecule has 0 unspecified atom stereocenters. The molecule has 0 bridgehead atoms. The van der Waals surface area contributed by atoms with E-state index in [1.807, 2.05) is 11.8 Å². The molecule has 0 amide bonds. The largest absolute Gasteiger partial charge is 0.395 e. The summed E-state index contributed by atoms with van der Waals surface area (Å²) in [6, 6.07) is 0. The summed E-state index contributed by atoms with van der Waals surface area (Å²) in [6.07, 6.45) is 1.70. The van der Waals surface area contributed by atoms with Crippen LogP contribution in [0.15, 0.2) is 10.7 Å². The second-order valence-electron chi connectivity index (χ2n) is 2.92. The van der Waals surface area contributed by atoms with Crippen molar-refractivity contribution in [2.45, 2.75) is 6.92 Å². The number of rotatable bonds is 5. The molecule has 0 saturated carbocycles. The van der Waals surface area contributed by atoms with Crippen LogP contribution in [0.2, 0.25) is 0 Å². The highest BCUT2D eigenvalue weighted by Gasteiger charge is 2.10. The van der Waals surface area contributed by atoms with Gasteiger partial charge < -0.3 is 15.3 Å². The van der Waals surface area contributed by atoms with E-state index in [0.29, 0.717) is 12.5 Å². The monoisotopic (exact) mass is 274 g/mol. The lowest BCUT2D eigenvalue weighted by molar-refractivity contribution is 0.302. The molecule has 5 nitrogen and oxygen atoms in total. The number of nitrogens with one attached hydrogen (secondary N) is 1. The van der Waals surface area contributed by atoms with Gasteiger partial charge in [-0.1, -0.05) is 0 Å². The second kappa shape index (κ2) is 5.87. The maximum atomic E-state index is 8.93. The third kappa shape index (κ3) is 3.04. The van der Waals surface area contributed by atoms with Crippen molar-refractivity contribution in [2.24, 2.45) is 0 Å². The van der Waals surface area contributed by atoms with Crippen LogP contribution in [0.25, 0.3) is 0 Å². The highest BCUT2D eigenvalue weighted by molar-refractivity contribution is 9.10. The van der Waals surface area contributed by atoms with E-state index in [0.717, 1.165) is 16.8 Å². The van der Waals surface area contributed by atoms with E-state index >= 15 is 0 Å². The molecule has 0 aliphatic carbocycles. The molecule has 1 aromatic heterocycles. The van der Waals surface area contributed by atoms with Crippen molar-refractivity contribution in [3.63, 3.8) is 0 Å². The molecule has 0 aliphatic rings. The van der Waals surface area contributed by atoms with Crippen molar-refractivity contribution >= 4 is 27.7 Å². The van der Waals surface area contributed by atoms with Crippen LogP contribution >= 0.6 is 15.9 Å². The summed E-state index contributed by atoms with van der Waals surface area (Å²) in [7, 11) is 1.77. The van der Waals surface area contributed by atoms with Gasteiger partial charge in [-0.2, -0.15) is 4.98 Å². The van der Waals surface area contributed by atoms with E-state index in [9.17, 15) is 0 Å². The van der Waals surface area contributed by atoms with Gasteiger partial charge in [-0.15, -0.1) is 0 Å². The first-order valence-corrected chi connectivity index (χ1v) is 5.58. The molecular formula is C9H15BrN4O. The number of likely N-dealkylation sites (N-methyl/N-ethyl adjacent to an activating group) is 1. The zero-order valence-corrected chi connectivity index (χ0v) is 10.5. The van der Waals surface area contributed by atoms with Crippen LogP contribution in [0.5, 0.6) is 0 Å². The van der Waals surface area contributed by atoms with Crippen molar-refractivity contribution in [3.05, 3.63) is 10.7 Å². The van der Waals surface area contributed by atoms with Gasteiger partial charge in [0, 0.05) is 26.3 Å². The molecule has 0 saturated heterocycles. The fourth-order valence-corrected chi connectivity index (χ4v) is 1.68. The number of nitrogens with zero attached hydrogens (tertiary/aromatic N) is 3. The minimum atomic E-state index is 0.110. The van der Waals surface area contributed by atoms with Crippen molar-refractivity contribution in [1.29, 1.82) is 0 Å². The third-order valence-corrected chi connectivity index (χ3v) is 2.56. The Labute approximate surface area is 97.7 Å². The number of hydrogen-bond donors (Lipinski definition) is 2. The maximum Gasteiger partial charge on any atom is 0.224 e. The third-order valence-electron chi connectivity index (χ3n) is 2.00. The number of hydrogen-bond acceptors (Lipinski definition) is 5. The van der Waals surface area contributed by atoms with Crippen LogP contribution in [0.1, 0.15) is 6.92 Å². The lowest BCUT2D eigenvalue weighted by atomic mass is 10.4. The Kier molecular flexibility index (Phi) is 4.77. The fourth-order valence-electron chi connectivity index (χ4n) is 1.23. The molecule has 1 heterocycles. The summed E-state index contributed by atoms with van der Waals surface area (Å²) >= 11 is 3.39. The minimum Gasteiger partial charge on any atom is -0.395 e. The molecule has 0 atom stereocenters. The lowest BCUT2D eigenvalue weighted by Gasteiger charge is -2.22. The van der Waals surface area contributed by atoms with E-state index in [4.69, 9.17) is 5.11 Å². The SMILES string of the molecule is CCN(CCO)c1nc(NC)ncc1Br. The Bertz CT molecular complexity index is 321. The molecule has 2 N–H and O–H groups in total. The predicted molar refractivity (Wildman–Crippen MR) is 64.3 cm³/mol. The quantitative estimate of drug-likeness (QED) is 0.842. The average molecular weight is 275 g/mol. The van der Waals surface area contributed by atoms with Crippen molar-refractivity contribution < 1.29 is 5.11 Å². The zero-order valence-electron chi connectivity index (χ0n) is 8.87. The standard InChI is InChI=1S/C9H15BrN4O/c1-3-14(4-5-15)8-7(10)6-12-9(11-2)13-8/h6,15H,3-5H2,1-2H3,(H,11,12,13). The minimum absolute atomic E-state index is 0.110. The van der Waals surface area contributed by atoms with Gasteiger partial charge >= 0.3 is 0 Å². The predicted octanol–water partition coefficient (Wildman–Crippen LogP) is 1.10. The summed E-state index contributed by atoms with van der Waals surface area (Å²) in [5.41, 5.74) is 0. The zero-order chi connectivity index (χ0) is 11.3. The average Bonchev–Trinajstić information content (AvgIpc) is 2.27. The summed E-state index contributed by atoms with van der Waals surface area (Å²) in [6.45, 7) is 3.48. The van der Waals surface area contributed by atoms with Gasteiger partial charge in [0.15, 0.2) is 0 Å². The summed E-state index contributed by atoms with van der Waals surface area (Å²) < 4.78 is 0.830. The van der Waals surface area contributed by atoms with E-state index in [-0.39, 0.29) is 6.61 Å². The van der Waals surface area contributed by atoms with Crippen molar-refractivity contribution in [3.8, 4) is 0 Å². The molecule has 0 radical (unpaired) electrons. The molecular weight excluding hydrogens is 260 g/mol. The lowest BCUT2D eigenvalue weighted by Crippen LogP contribution is -2.27. The molecule has 84 valence electrons. The first-order valence-electron chi connectivity index (χ1n) is 4.79. The highest BCUT2D eigenvalue weighted by atomic mass is 79.9. The van der Waals surface area contributed by atoms with Gasteiger partial charge in [0.2, 0.25) is 5.95 Å². The first kappa shape index (κ1) is 12.2. The van der Waals surface area contributed by atoms with Gasteiger partial charge in [0.1, 0.15) is 5.82 Å². The number of aliphatic hydroxyl groups is 1. The number of aliphatic hydroxyl groups excluding tert-OH is 1. The maximum absolute atomic E-state index is 8.93. The van der Waals surface area contributed by atoms with E-state index in [2.05, 4.69) is 31.2 Å². The van der Waals surface area contributed by atoms with Crippen LogP contribution in [-0.4, -0.2) is 41.8 Å². The highest BCUT2D eigenvalue weighted by Crippen LogP contribution is 2.23. The normalized spacial score (nSPS) is 10.1. The molecule has 0 aromatic carbocycles. The smallest absolute Gasteiger partial charge is 0.224 e. The number of aromatic nitrogens is 2. The Morgan fingerprint density at radius 1 is 1.60 bits per heavy atom. The summed E-state index contributed by atoms with van der Waals surface area (Å²) in [4.78, 5) is 10.4. The van der Waals surface area contributed by atoms with Crippen LogP contribution in [0.4, 0.5) is 11.8 Å². The van der Waals surface area contributed by atoms with Crippen LogP contribution < -0.4 is 10.2 Å². The Morgan fingerprint density at radius 3 is 2.87 bits per heavy atom. The molecule has 6 heteroatoms. The van der Waals surface area contributed by atoms with E-state index in [1.165, 1.54) is 0 Å². The van der Waals surface area contributed by atoms with Crippen LogP contribution in [0, 0.1) is 0 Å². The Morgan fingerprint density at radius 2 is 2.33 bits per heavy atom. The molecule has 1 rings (SSSR count). The fraction of sp³-hybridized carbons (Fsp3) is 0.556. The molecule has 1 aromatic rings. The topological polar surface area (TPSA) is 61.3 Å². The van der Waals surface area contributed by atoms with Crippen LogP contribution in [0.3, 0.4) is 0 Å². The van der Waals surface area contributed by atoms with Crippen LogP contribution in [-0.2, 0) is 0 Å². The molecule has 0 fully saturated rings. The van der Waals surface area contributed by atoms with E-state index in [1.54, 1.807) is 13.2 Å². The number of anilines is 2. The molecule has 0 aliphatic heterocycles. The second-order valence-corrected chi connectivity index (χ2v) is 3.77. The Balaban J connectivity index is 2.98. The van der Waals surface area contributed by atoms with Gasteiger partial charge in [-0.25, -0.2) is 4.98 Å². The molecule has 0 spiro atoms. The first-order chi connectivity index (χ1) is 7.22. The van der Waals surface area contributed by atoms with Gasteiger partial charge in [0.25, 0.3) is 0 Å². The van der Waals surface area contributed by atoms with Crippen molar-refractivity contribution in [2.75, 3.05) is 37.0 Å². The van der Waals surface area contributed by atoms with Gasteiger partial charge in [-0.05, 0) is 22.9 Å². The van der Waals surface area contributed by atoms with Crippen molar-refractivity contribution in [1.82, 2.24) is 9.97 Å². The number of halogens is 1. The summed E-state index contributed by atoms with van der Waals surface area (Å²) in [5.74, 6) is 1.37. The van der Waals surface area contributed by atoms with E-state index < -0.39 is 0 Å². The van der Waals surface area contributed by atoms with Gasteiger partial charge in [0.05, 0.1) is 11.1 Å². The summed E-state index contributed by atoms with van der Waals surface area (Å²) in [5, 5.41) is 11.8. The molecule has 15 heavy (non-hydrogen) atoms. The van der Waals surface area contributed by atoms with Gasteiger partial charge in [-0.3, -0.25) is 0 Å². The Hall–Kier alpha value is -0.880.